The van der Waals surface area contributed by atoms with Crippen LogP contribution < -0.4 is 0 Å². The molecule has 52 valence electrons. The molecule has 0 aliphatic heterocycles. The normalized spacial score (nSPS) is 10.2. The Balaban J connectivity index is 0. The Morgan fingerprint density at radius 2 is 1.88 bits per heavy atom. The summed E-state index contributed by atoms with van der Waals surface area (Å²) in [5, 5.41) is 0. The van der Waals surface area contributed by atoms with Crippen molar-refractivity contribution in [2.24, 2.45) is 0 Å². The molecule has 0 aromatic rings. The van der Waals surface area contributed by atoms with Crippen LogP contribution in [0.3, 0.4) is 0 Å². The number of rotatable bonds is 2. The van der Waals surface area contributed by atoms with E-state index in [4.69, 9.17) is 4.55 Å². The van der Waals surface area contributed by atoms with Crippen LogP contribution in [0.4, 0.5) is 0 Å². The summed E-state index contributed by atoms with van der Waals surface area (Å²) in [6.07, 6.45) is 0.471. The average Bonchev–Trinajstić information content (AvgIpc) is 1.30. The van der Waals surface area contributed by atoms with Gasteiger partial charge in [-0.3, -0.25) is 4.55 Å². The molecular weight excluding hydrogens is 325 g/mol. The van der Waals surface area contributed by atoms with Gasteiger partial charge in [0.1, 0.15) is 0 Å². The zero-order valence-electron chi connectivity index (χ0n) is 4.79. The molecule has 3 nitrogen and oxygen atoms in total. The Bertz CT molecular complexity index is 127. The van der Waals surface area contributed by atoms with Gasteiger partial charge in [-0.2, -0.15) is 8.42 Å². The van der Waals surface area contributed by atoms with E-state index in [-0.39, 0.29) is 32.0 Å². The van der Waals surface area contributed by atoms with Crippen molar-refractivity contribution in [1.82, 2.24) is 0 Å². The zero-order chi connectivity index (χ0) is 5.91. The van der Waals surface area contributed by atoms with Gasteiger partial charge in [0.05, 0.1) is 5.75 Å². The molecule has 0 unspecified atom stereocenters. The molecule has 0 heterocycles. The molecule has 0 aromatic heterocycles. The summed E-state index contributed by atoms with van der Waals surface area (Å²) in [6.45, 7) is 1.69. The van der Waals surface area contributed by atoms with Gasteiger partial charge in [0, 0.05) is 0 Å². The maximum absolute atomic E-state index is 9.79. The van der Waals surface area contributed by atoms with Gasteiger partial charge in [0.15, 0.2) is 0 Å². The van der Waals surface area contributed by atoms with E-state index in [0.29, 0.717) is 6.42 Å². The standard InChI is InChI=1S/C3H8O3S.Bi.3H/c1-2-3-7(4,5)6;;;;/h2-3H2,1H3,(H,4,5,6);;;;. The third-order valence-corrected chi connectivity index (χ3v) is 1.39. The van der Waals surface area contributed by atoms with Crippen molar-refractivity contribution >= 4 is 36.3 Å². The van der Waals surface area contributed by atoms with Crippen LogP contribution >= 0.6 is 0 Å². The second-order valence-electron chi connectivity index (χ2n) is 1.29. The van der Waals surface area contributed by atoms with Crippen LogP contribution in [0.1, 0.15) is 13.3 Å². The topological polar surface area (TPSA) is 54.4 Å². The van der Waals surface area contributed by atoms with Gasteiger partial charge in [-0.1, -0.05) is 6.92 Å². The molecule has 0 radical (unpaired) electrons. The van der Waals surface area contributed by atoms with Crippen LogP contribution in [0.25, 0.3) is 0 Å². The van der Waals surface area contributed by atoms with Crippen molar-refractivity contribution in [1.29, 1.82) is 0 Å². The van der Waals surface area contributed by atoms with Crippen molar-refractivity contribution in [3.63, 3.8) is 0 Å². The van der Waals surface area contributed by atoms with Crippen LogP contribution in [0.15, 0.2) is 0 Å². The van der Waals surface area contributed by atoms with E-state index in [0.717, 1.165) is 0 Å². The van der Waals surface area contributed by atoms with E-state index < -0.39 is 10.1 Å². The van der Waals surface area contributed by atoms with Crippen LogP contribution in [-0.2, 0) is 10.1 Å². The van der Waals surface area contributed by atoms with Crippen molar-refractivity contribution in [3.05, 3.63) is 0 Å². The molecule has 0 fully saturated rings. The van der Waals surface area contributed by atoms with Crippen LogP contribution in [0.5, 0.6) is 0 Å². The van der Waals surface area contributed by atoms with Crippen LogP contribution in [-0.4, -0.2) is 44.9 Å². The monoisotopic (exact) mass is 336 g/mol. The Morgan fingerprint density at radius 1 is 1.50 bits per heavy atom. The zero-order valence-corrected chi connectivity index (χ0v) is 11.1. The maximum atomic E-state index is 9.79. The van der Waals surface area contributed by atoms with Crippen molar-refractivity contribution in [3.8, 4) is 0 Å². The summed E-state index contributed by atoms with van der Waals surface area (Å²) in [6, 6.07) is 0. The first kappa shape index (κ1) is 11.6. The van der Waals surface area contributed by atoms with Gasteiger partial charge in [0.25, 0.3) is 10.1 Å². The molecule has 1 N–H and O–H groups in total. The molecule has 0 rings (SSSR count). The van der Waals surface area contributed by atoms with Crippen molar-refractivity contribution in [2.75, 3.05) is 5.75 Å². The summed E-state index contributed by atoms with van der Waals surface area (Å²) in [4.78, 5) is 0. The molecule has 0 aliphatic carbocycles. The molecule has 0 amide bonds. The van der Waals surface area contributed by atoms with Crippen LogP contribution in [0, 0.1) is 0 Å². The molecule has 0 spiro atoms. The van der Waals surface area contributed by atoms with Gasteiger partial charge < -0.3 is 0 Å². The Kier molecular flexibility index (Phi) is 6.73. The first-order valence-corrected chi connectivity index (χ1v) is 3.62. The Hall–Kier alpha value is 0.793. The molecule has 0 aliphatic rings. The Morgan fingerprint density at radius 3 is 1.88 bits per heavy atom. The summed E-state index contributed by atoms with van der Waals surface area (Å²) in [7, 11) is -3.67. The van der Waals surface area contributed by atoms with Gasteiger partial charge in [-0.25, -0.2) is 0 Å². The second-order valence-corrected chi connectivity index (χ2v) is 2.86. The minimum absolute atomic E-state index is 0. The first-order valence-electron chi connectivity index (χ1n) is 2.01. The van der Waals surface area contributed by atoms with E-state index >= 15 is 0 Å². The molecule has 8 heavy (non-hydrogen) atoms. The average molecular weight is 336 g/mol. The van der Waals surface area contributed by atoms with E-state index in [1.165, 1.54) is 0 Å². The van der Waals surface area contributed by atoms with Crippen LogP contribution in [0.2, 0.25) is 0 Å². The third kappa shape index (κ3) is 9.92. The quantitative estimate of drug-likeness (QED) is 0.525. The summed E-state index contributed by atoms with van der Waals surface area (Å²) in [5.41, 5.74) is 0. The summed E-state index contributed by atoms with van der Waals surface area (Å²) >= 11 is 0. The van der Waals surface area contributed by atoms with Gasteiger partial charge in [0.2, 0.25) is 0 Å². The van der Waals surface area contributed by atoms with Gasteiger partial charge in [-0.05, 0) is 6.42 Å². The predicted octanol–water partition coefficient (Wildman–Crippen LogP) is -0.900. The Labute approximate surface area is 68.3 Å². The molecule has 0 bridgehead atoms. The van der Waals surface area contributed by atoms with Crippen molar-refractivity contribution in [2.45, 2.75) is 13.3 Å². The molecule has 5 heteroatoms. The van der Waals surface area contributed by atoms with E-state index in [9.17, 15) is 8.42 Å². The van der Waals surface area contributed by atoms with Gasteiger partial charge >= 0.3 is 26.2 Å². The summed E-state index contributed by atoms with van der Waals surface area (Å²) < 4.78 is 27.6. The van der Waals surface area contributed by atoms with E-state index in [1.807, 2.05) is 0 Å². The molecule has 0 atom stereocenters. The fraction of sp³-hybridized carbons (Fsp3) is 1.00. The SMILES string of the molecule is CCCS(=O)(=O)O.[BiH3]. The predicted molar refractivity (Wildman–Crippen MR) is 36.6 cm³/mol. The number of hydrogen-bond acceptors (Lipinski definition) is 2. The second kappa shape index (κ2) is 4.65. The summed E-state index contributed by atoms with van der Waals surface area (Å²) in [5.74, 6) is -0.132. The molecule has 0 saturated carbocycles. The fourth-order valence-electron chi connectivity index (χ4n) is 0.258. The minimum atomic E-state index is -3.67. The molecule has 0 aromatic carbocycles. The fourth-order valence-corrected chi connectivity index (χ4v) is 0.774. The molecule has 0 saturated heterocycles. The first-order chi connectivity index (χ1) is 3.06. The number of hydrogen-bond donors (Lipinski definition) is 1. The van der Waals surface area contributed by atoms with Crippen molar-refractivity contribution < 1.29 is 13.0 Å². The van der Waals surface area contributed by atoms with E-state index in [1.54, 1.807) is 6.92 Å². The third-order valence-electron chi connectivity index (χ3n) is 0.462. The van der Waals surface area contributed by atoms with E-state index in [2.05, 4.69) is 0 Å². The van der Waals surface area contributed by atoms with Gasteiger partial charge in [-0.15, -0.1) is 0 Å². The molecular formula is C3H11BiO3S.